The molecule has 0 radical (unpaired) electrons. The molecule has 4 atom stereocenters. The average Bonchev–Trinajstić information content (AvgIpc) is 2.90. The van der Waals surface area contributed by atoms with E-state index in [0.717, 1.165) is 32.1 Å². The van der Waals surface area contributed by atoms with Crippen molar-refractivity contribution in [3.05, 3.63) is 46.5 Å². The first-order valence-corrected chi connectivity index (χ1v) is 17.7. The van der Waals surface area contributed by atoms with Crippen molar-refractivity contribution in [3.63, 3.8) is 0 Å². The van der Waals surface area contributed by atoms with Gasteiger partial charge in [0, 0.05) is 11.3 Å². The van der Waals surface area contributed by atoms with E-state index in [4.69, 9.17) is 0 Å². The van der Waals surface area contributed by atoms with E-state index in [1.165, 1.54) is 22.3 Å². The van der Waals surface area contributed by atoms with Gasteiger partial charge in [-0.05, 0) is 79.4 Å². The van der Waals surface area contributed by atoms with E-state index in [2.05, 4.69) is 156 Å². The lowest BCUT2D eigenvalue weighted by Gasteiger charge is -2.68. The van der Waals surface area contributed by atoms with Crippen LogP contribution in [0.4, 0.5) is 0 Å². The Morgan fingerprint density at radius 1 is 0.651 bits per heavy atom. The first-order valence-electron chi connectivity index (χ1n) is 17.7. The quantitative estimate of drug-likeness (QED) is 0.267. The average molecular weight is 595 g/mol. The summed E-state index contributed by atoms with van der Waals surface area (Å²) < 4.78 is 0. The zero-order valence-corrected chi connectivity index (χ0v) is 32.4. The first-order chi connectivity index (χ1) is 19.2. The zero-order chi connectivity index (χ0) is 33.8. The van der Waals surface area contributed by atoms with Gasteiger partial charge in [0.05, 0.1) is 6.10 Å². The van der Waals surface area contributed by atoms with Crippen molar-refractivity contribution in [1.82, 2.24) is 0 Å². The van der Waals surface area contributed by atoms with E-state index in [0.29, 0.717) is 0 Å². The Kier molecular flexibility index (Phi) is 10.6. The van der Waals surface area contributed by atoms with Crippen molar-refractivity contribution in [2.75, 3.05) is 0 Å². The van der Waals surface area contributed by atoms with E-state index in [9.17, 15) is 5.11 Å². The Bertz CT molecular complexity index is 1110. The third-order valence-corrected chi connectivity index (χ3v) is 13.9. The monoisotopic (exact) mass is 595 g/mol. The lowest BCUT2D eigenvalue weighted by atomic mass is 9.37. The lowest BCUT2D eigenvalue weighted by molar-refractivity contribution is -0.187. The normalized spacial score (nSPS) is 25.5. The molecule has 1 aromatic rings. The predicted octanol–water partition coefficient (Wildman–Crippen LogP) is 12.8. The number of allylic oxidation sites excluding steroid dienone is 1. The van der Waals surface area contributed by atoms with Crippen LogP contribution in [0, 0.1) is 32.5 Å². The number of benzene rings is 1. The molecule has 0 amide bonds. The minimum absolute atomic E-state index is 0.0132. The number of hydrogen-bond acceptors (Lipinski definition) is 1. The molecule has 0 fully saturated rings. The van der Waals surface area contributed by atoms with Gasteiger partial charge in [0.1, 0.15) is 0 Å². The second-order valence-corrected chi connectivity index (χ2v) is 19.2. The minimum atomic E-state index is -0.522. The number of aliphatic hydroxyl groups is 1. The van der Waals surface area contributed by atoms with Gasteiger partial charge >= 0.3 is 0 Å². The smallest absolute Gasteiger partial charge is 0.0822 e. The second-order valence-electron chi connectivity index (χ2n) is 19.2. The van der Waals surface area contributed by atoms with Crippen LogP contribution in [0.15, 0.2) is 29.8 Å². The van der Waals surface area contributed by atoms with Crippen molar-refractivity contribution < 1.29 is 5.11 Å². The second kappa shape index (κ2) is 11.9. The van der Waals surface area contributed by atoms with E-state index in [-0.39, 0.29) is 49.2 Å². The molecule has 4 unspecified atom stereocenters. The molecule has 1 aromatic carbocycles. The van der Waals surface area contributed by atoms with Crippen LogP contribution >= 0.6 is 0 Å². The van der Waals surface area contributed by atoms with Crippen molar-refractivity contribution >= 4 is 0 Å². The molecule has 0 aromatic heterocycles. The van der Waals surface area contributed by atoms with Gasteiger partial charge in [-0.2, -0.15) is 0 Å². The largest absolute Gasteiger partial charge is 0.388 e. The highest BCUT2D eigenvalue weighted by atomic mass is 16.3. The maximum Gasteiger partial charge on any atom is 0.0822 e. The van der Waals surface area contributed by atoms with Gasteiger partial charge < -0.3 is 5.11 Å². The molecule has 1 heteroatoms. The number of hydrogen-bond donors (Lipinski definition) is 1. The molecular weight excluding hydrogens is 520 g/mol. The predicted molar refractivity (Wildman–Crippen MR) is 192 cm³/mol. The summed E-state index contributed by atoms with van der Waals surface area (Å²) in [4.78, 5) is 0. The maximum absolute atomic E-state index is 13.0. The molecule has 0 aliphatic heterocycles. The molecule has 0 spiro atoms. The topological polar surface area (TPSA) is 20.2 Å². The summed E-state index contributed by atoms with van der Waals surface area (Å²) in [5.41, 5.74) is 5.13. The highest BCUT2D eigenvalue weighted by Gasteiger charge is 2.66. The third kappa shape index (κ3) is 6.21. The maximum atomic E-state index is 13.0. The highest BCUT2D eigenvalue weighted by Crippen LogP contribution is 2.71. The minimum Gasteiger partial charge on any atom is -0.388 e. The van der Waals surface area contributed by atoms with Gasteiger partial charge in [-0.1, -0.05) is 169 Å². The van der Waals surface area contributed by atoms with Crippen molar-refractivity contribution in [2.45, 2.75) is 187 Å². The molecule has 43 heavy (non-hydrogen) atoms. The molecule has 1 aliphatic carbocycles. The lowest BCUT2D eigenvalue weighted by Crippen LogP contribution is -2.64. The first kappa shape index (κ1) is 38.1. The molecule has 0 heterocycles. The van der Waals surface area contributed by atoms with E-state index >= 15 is 0 Å². The fourth-order valence-electron chi connectivity index (χ4n) is 8.74. The fraction of sp³-hybridized carbons (Fsp3) is 0.810. The van der Waals surface area contributed by atoms with Gasteiger partial charge in [0.15, 0.2) is 0 Å². The molecule has 1 aliphatic rings. The SMILES string of the molecule is CCC(C)(C)c1cc(C(C)C2=CC(C(C)(C)C)(C(C)(C)CC)CC(C(C)(C)C)(C(C)(C)CC)C2O)cc(C(C)(C)CC)c1. The van der Waals surface area contributed by atoms with Crippen LogP contribution in [0.2, 0.25) is 0 Å². The Morgan fingerprint density at radius 3 is 1.40 bits per heavy atom. The van der Waals surface area contributed by atoms with Crippen molar-refractivity contribution in [1.29, 1.82) is 0 Å². The van der Waals surface area contributed by atoms with Crippen LogP contribution < -0.4 is 0 Å². The summed E-state index contributed by atoms with van der Waals surface area (Å²) in [6.07, 6.45) is 7.42. The van der Waals surface area contributed by atoms with E-state index < -0.39 is 6.10 Å². The summed E-state index contributed by atoms with van der Waals surface area (Å²) in [5.74, 6) is 0.109. The highest BCUT2D eigenvalue weighted by molar-refractivity contribution is 5.44. The van der Waals surface area contributed by atoms with Gasteiger partial charge in [0.2, 0.25) is 0 Å². The molecule has 248 valence electrons. The molecule has 2 rings (SSSR count). The summed E-state index contributed by atoms with van der Waals surface area (Å²) in [6.45, 7) is 45.7. The van der Waals surface area contributed by atoms with Crippen LogP contribution in [0.1, 0.15) is 186 Å². The van der Waals surface area contributed by atoms with Crippen LogP contribution in [0.3, 0.4) is 0 Å². The Balaban J connectivity index is 3.16. The Morgan fingerprint density at radius 2 is 1.07 bits per heavy atom. The standard InChI is InChI=1S/C42H74O/c1-20-37(12,13)31-24-30(25-32(26-31)38(14,15)21-2)29(5)33-27-41(35(6,7)8,39(16,17)22-3)28-42(34(33)43,36(9,10)11)40(18,19)23-4/h24-27,29,34,43H,20-23,28H2,1-19H3. The van der Waals surface area contributed by atoms with Gasteiger partial charge in [0.25, 0.3) is 0 Å². The summed E-state index contributed by atoms with van der Waals surface area (Å²) in [6, 6.07) is 7.45. The molecule has 0 saturated carbocycles. The van der Waals surface area contributed by atoms with Gasteiger partial charge in [-0.15, -0.1) is 0 Å². The molecular formula is C42H74O. The van der Waals surface area contributed by atoms with Crippen LogP contribution in [0.5, 0.6) is 0 Å². The van der Waals surface area contributed by atoms with Crippen LogP contribution in [0.25, 0.3) is 0 Å². The van der Waals surface area contributed by atoms with Crippen molar-refractivity contribution in [2.24, 2.45) is 32.5 Å². The Hall–Kier alpha value is -1.08. The molecule has 1 nitrogen and oxygen atoms in total. The third-order valence-electron chi connectivity index (χ3n) is 13.9. The van der Waals surface area contributed by atoms with Gasteiger partial charge in [-0.3, -0.25) is 0 Å². The Labute approximate surface area is 270 Å². The molecule has 1 N–H and O–H groups in total. The van der Waals surface area contributed by atoms with Gasteiger partial charge in [-0.25, -0.2) is 0 Å². The summed E-state index contributed by atoms with van der Waals surface area (Å²) >= 11 is 0. The van der Waals surface area contributed by atoms with Crippen LogP contribution in [-0.2, 0) is 10.8 Å². The number of rotatable bonds is 10. The van der Waals surface area contributed by atoms with Crippen LogP contribution in [-0.4, -0.2) is 11.2 Å². The number of aliphatic hydroxyl groups excluding tert-OH is 1. The van der Waals surface area contributed by atoms with E-state index in [1.807, 2.05) is 0 Å². The van der Waals surface area contributed by atoms with Crippen molar-refractivity contribution in [3.8, 4) is 0 Å². The molecule has 0 saturated heterocycles. The summed E-state index contributed by atoms with van der Waals surface area (Å²) in [7, 11) is 0. The fourth-order valence-corrected chi connectivity index (χ4v) is 8.74. The summed E-state index contributed by atoms with van der Waals surface area (Å²) in [5, 5.41) is 13.0. The zero-order valence-electron chi connectivity index (χ0n) is 32.4. The van der Waals surface area contributed by atoms with E-state index in [1.54, 1.807) is 0 Å². The molecule has 0 bridgehead atoms.